The van der Waals surface area contributed by atoms with E-state index < -0.39 is 0 Å². The first kappa shape index (κ1) is 11.2. The SMILES string of the molecule is Cn1ccc2c(-c3ccccc3)nc3ccccc3c21. The van der Waals surface area contributed by atoms with E-state index >= 15 is 0 Å². The molecule has 2 nitrogen and oxygen atoms in total. The van der Waals surface area contributed by atoms with Crippen LogP contribution >= 0.6 is 0 Å². The summed E-state index contributed by atoms with van der Waals surface area (Å²) in [6, 6.07) is 20.9. The molecule has 0 saturated carbocycles. The number of pyridine rings is 1. The van der Waals surface area contributed by atoms with Gasteiger partial charge in [-0.15, -0.1) is 0 Å². The fourth-order valence-corrected chi connectivity index (χ4v) is 2.82. The number of aryl methyl sites for hydroxylation is 1. The number of hydrogen-bond donors (Lipinski definition) is 0. The molecule has 20 heavy (non-hydrogen) atoms. The normalized spacial score (nSPS) is 11.2. The Morgan fingerprint density at radius 3 is 2.40 bits per heavy atom. The molecule has 0 atom stereocenters. The smallest absolute Gasteiger partial charge is 0.0803 e. The zero-order valence-corrected chi connectivity index (χ0v) is 11.2. The lowest BCUT2D eigenvalue weighted by Gasteiger charge is -2.08. The largest absolute Gasteiger partial charge is 0.350 e. The van der Waals surface area contributed by atoms with E-state index in [0.29, 0.717) is 0 Å². The molecule has 2 aromatic heterocycles. The van der Waals surface area contributed by atoms with Crippen LogP contribution in [-0.4, -0.2) is 9.55 Å². The molecule has 4 aromatic rings. The maximum atomic E-state index is 4.87. The van der Waals surface area contributed by atoms with Crippen molar-refractivity contribution in [2.75, 3.05) is 0 Å². The van der Waals surface area contributed by atoms with Crippen LogP contribution in [0.4, 0.5) is 0 Å². The van der Waals surface area contributed by atoms with Crippen LogP contribution in [0.5, 0.6) is 0 Å². The first-order chi connectivity index (χ1) is 9.84. The molecule has 96 valence electrons. The highest BCUT2D eigenvalue weighted by Crippen LogP contribution is 2.32. The molecular weight excluding hydrogens is 244 g/mol. The molecule has 2 aromatic carbocycles. The second-order valence-electron chi connectivity index (χ2n) is 5.03. The zero-order valence-electron chi connectivity index (χ0n) is 11.2. The number of para-hydroxylation sites is 1. The maximum Gasteiger partial charge on any atom is 0.0803 e. The lowest BCUT2D eigenvalue weighted by atomic mass is 10.0. The molecule has 0 N–H and O–H groups in total. The first-order valence-electron chi connectivity index (χ1n) is 6.74. The average molecular weight is 258 g/mol. The summed E-state index contributed by atoms with van der Waals surface area (Å²) in [6.07, 6.45) is 2.10. The zero-order chi connectivity index (χ0) is 13.5. The standard InChI is InChI=1S/C18H14N2/c1-20-12-11-15-17(13-7-3-2-4-8-13)19-16-10-6-5-9-14(16)18(15)20/h2-12H,1H3. The third-order valence-electron chi connectivity index (χ3n) is 3.77. The third kappa shape index (κ3) is 1.55. The number of fused-ring (bicyclic) bond motifs is 3. The fourth-order valence-electron chi connectivity index (χ4n) is 2.82. The van der Waals surface area contributed by atoms with Gasteiger partial charge in [-0.2, -0.15) is 0 Å². The summed E-state index contributed by atoms with van der Waals surface area (Å²) in [7, 11) is 2.09. The summed E-state index contributed by atoms with van der Waals surface area (Å²) in [4.78, 5) is 4.87. The van der Waals surface area contributed by atoms with E-state index in [0.717, 1.165) is 16.8 Å². The molecule has 0 amide bonds. The maximum absolute atomic E-state index is 4.87. The number of aromatic nitrogens is 2. The predicted molar refractivity (Wildman–Crippen MR) is 83.7 cm³/mol. The topological polar surface area (TPSA) is 17.8 Å². The van der Waals surface area contributed by atoms with Gasteiger partial charge in [0.2, 0.25) is 0 Å². The van der Waals surface area contributed by atoms with Gasteiger partial charge in [-0.25, -0.2) is 4.98 Å². The van der Waals surface area contributed by atoms with Crippen molar-refractivity contribution >= 4 is 21.8 Å². The highest BCUT2D eigenvalue weighted by Gasteiger charge is 2.11. The fraction of sp³-hybridized carbons (Fsp3) is 0.0556. The number of benzene rings is 2. The van der Waals surface area contributed by atoms with Crippen LogP contribution in [0.1, 0.15) is 0 Å². The van der Waals surface area contributed by atoms with E-state index in [1.807, 2.05) is 12.1 Å². The van der Waals surface area contributed by atoms with Crippen LogP contribution < -0.4 is 0 Å². The van der Waals surface area contributed by atoms with Crippen molar-refractivity contribution in [3.05, 3.63) is 66.9 Å². The Labute approximate surface area is 117 Å². The minimum Gasteiger partial charge on any atom is -0.350 e. The van der Waals surface area contributed by atoms with Gasteiger partial charge in [0.25, 0.3) is 0 Å². The van der Waals surface area contributed by atoms with Crippen LogP contribution in [0.2, 0.25) is 0 Å². The summed E-state index contributed by atoms with van der Waals surface area (Å²) >= 11 is 0. The Hall–Kier alpha value is -2.61. The second kappa shape index (κ2) is 4.20. The summed E-state index contributed by atoms with van der Waals surface area (Å²) in [5.41, 5.74) is 4.50. The highest BCUT2D eigenvalue weighted by molar-refractivity contribution is 6.09. The third-order valence-corrected chi connectivity index (χ3v) is 3.77. The lowest BCUT2D eigenvalue weighted by molar-refractivity contribution is 0.973. The molecule has 0 fully saturated rings. The molecule has 0 bridgehead atoms. The van der Waals surface area contributed by atoms with Gasteiger partial charge in [0.15, 0.2) is 0 Å². The van der Waals surface area contributed by atoms with Gasteiger partial charge in [-0.1, -0.05) is 48.5 Å². The molecule has 0 aliphatic rings. The highest BCUT2D eigenvalue weighted by atomic mass is 14.9. The Morgan fingerprint density at radius 2 is 1.55 bits per heavy atom. The molecular formula is C18H14N2. The van der Waals surface area contributed by atoms with Gasteiger partial charge in [0.05, 0.1) is 16.7 Å². The number of hydrogen-bond acceptors (Lipinski definition) is 1. The van der Waals surface area contributed by atoms with Gasteiger partial charge in [-0.3, -0.25) is 0 Å². The van der Waals surface area contributed by atoms with Crippen molar-refractivity contribution in [3.63, 3.8) is 0 Å². The summed E-state index contributed by atoms with van der Waals surface area (Å²) in [5.74, 6) is 0. The lowest BCUT2D eigenvalue weighted by Crippen LogP contribution is -1.91. The molecule has 2 heteroatoms. The minimum absolute atomic E-state index is 1.04. The Balaban J connectivity index is 2.20. The van der Waals surface area contributed by atoms with Gasteiger partial charge in [0.1, 0.15) is 0 Å². The summed E-state index contributed by atoms with van der Waals surface area (Å²) in [5, 5.41) is 2.41. The first-order valence-corrected chi connectivity index (χ1v) is 6.74. The molecule has 4 rings (SSSR count). The van der Waals surface area contributed by atoms with E-state index in [1.54, 1.807) is 0 Å². The van der Waals surface area contributed by atoms with E-state index in [1.165, 1.54) is 16.3 Å². The molecule has 0 aliphatic heterocycles. The Bertz CT molecular complexity index is 905. The van der Waals surface area contributed by atoms with E-state index in [9.17, 15) is 0 Å². The minimum atomic E-state index is 1.04. The molecule has 0 spiro atoms. The van der Waals surface area contributed by atoms with Crippen molar-refractivity contribution in [3.8, 4) is 11.3 Å². The average Bonchev–Trinajstić information content (AvgIpc) is 2.90. The summed E-state index contributed by atoms with van der Waals surface area (Å²) in [6.45, 7) is 0. The van der Waals surface area contributed by atoms with Crippen molar-refractivity contribution in [1.82, 2.24) is 9.55 Å². The Morgan fingerprint density at radius 1 is 0.800 bits per heavy atom. The summed E-state index contributed by atoms with van der Waals surface area (Å²) < 4.78 is 2.17. The van der Waals surface area contributed by atoms with Crippen molar-refractivity contribution in [1.29, 1.82) is 0 Å². The van der Waals surface area contributed by atoms with E-state index in [2.05, 4.69) is 66.3 Å². The van der Waals surface area contributed by atoms with Crippen LogP contribution in [0.3, 0.4) is 0 Å². The number of nitrogens with zero attached hydrogens (tertiary/aromatic N) is 2. The van der Waals surface area contributed by atoms with Crippen LogP contribution in [-0.2, 0) is 7.05 Å². The molecule has 0 radical (unpaired) electrons. The molecule has 2 heterocycles. The molecule has 0 saturated heterocycles. The van der Waals surface area contributed by atoms with Crippen molar-refractivity contribution < 1.29 is 0 Å². The van der Waals surface area contributed by atoms with Gasteiger partial charge in [0, 0.05) is 29.6 Å². The molecule has 0 unspecified atom stereocenters. The van der Waals surface area contributed by atoms with Crippen LogP contribution in [0, 0.1) is 0 Å². The monoisotopic (exact) mass is 258 g/mol. The second-order valence-corrected chi connectivity index (χ2v) is 5.03. The van der Waals surface area contributed by atoms with Crippen molar-refractivity contribution in [2.45, 2.75) is 0 Å². The van der Waals surface area contributed by atoms with Crippen LogP contribution in [0.25, 0.3) is 33.1 Å². The van der Waals surface area contributed by atoms with Gasteiger partial charge >= 0.3 is 0 Å². The van der Waals surface area contributed by atoms with Gasteiger partial charge < -0.3 is 4.57 Å². The van der Waals surface area contributed by atoms with Crippen LogP contribution in [0.15, 0.2) is 66.9 Å². The quantitative estimate of drug-likeness (QED) is 0.495. The van der Waals surface area contributed by atoms with Crippen molar-refractivity contribution in [2.24, 2.45) is 7.05 Å². The number of rotatable bonds is 1. The molecule has 0 aliphatic carbocycles. The predicted octanol–water partition coefficient (Wildman–Crippen LogP) is 4.39. The Kier molecular flexibility index (Phi) is 2.36. The van der Waals surface area contributed by atoms with E-state index in [-0.39, 0.29) is 0 Å². The van der Waals surface area contributed by atoms with E-state index in [4.69, 9.17) is 4.98 Å². The van der Waals surface area contributed by atoms with Gasteiger partial charge in [-0.05, 0) is 12.1 Å².